The highest BCUT2D eigenvalue weighted by Crippen LogP contribution is 2.43. The molecular weight excluding hydrogens is 773 g/mol. The standard InChI is InChI=1S/C46H35F2N5O7/c1-46(2,3)40-22-41(51-45(59)50-35-10-6-8-25-7-4-5-9-28(25)35)53(52-40)27-14-11-24(12-15-27)23-49-43(56)26-13-16-29(44(57)58)30(17-26)42-31-18-33(47)36(54)20-38(31)60-39-21-37(55)34(48)19-32(39)42/h4-22,54H,23H2,1-3H3,(H,49,56)(H,57,58)(H2,50,51,59). The third-order valence-electron chi connectivity index (χ3n) is 10.0. The van der Waals surface area contributed by atoms with Gasteiger partial charge in [0.2, 0.25) is 5.43 Å². The molecular formula is C46H35F2N5O7. The average molecular weight is 808 g/mol. The van der Waals surface area contributed by atoms with Crippen molar-refractivity contribution in [2.45, 2.75) is 32.7 Å². The summed E-state index contributed by atoms with van der Waals surface area (Å²) in [6, 6.07) is 29.3. The van der Waals surface area contributed by atoms with Gasteiger partial charge in [0.05, 0.1) is 22.6 Å². The van der Waals surface area contributed by atoms with Gasteiger partial charge in [0.25, 0.3) is 5.91 Å². The molecule has 0 spiro atoms. The Morgan fingerprint density at radius 1 is 0.800 bits per heavy atom. The molecule has 5 N–H and O–H groups in total. The number of carboxylic acids is 1. The Labute approximate surface area is 340 Å². The number of nitrogens with zero attached hydrogens (tertiary/aromatic N) is 2. The summed E-state index contributed by atoms with van der Waals surface area (Å²) in [5.41, 5.74) is 0.814. The van der Waals surface area contributed by atoms with Gasteiger partial charge in [0.1, 0.15) is 17.2 Å². The van der Waals surface area contributed by atoms with Gasteiger partial charge in [-0.25, -0.2) is 23.1 Å². The zero-order chi connectivity index (χ0) is 42.5. The van der Waals surface area contributed by atoms with Crippen LogP contribution in [0.3, 0.4) is 0 Å². The van der Waals surface area contributed by atoms with Crippen LogP contribution < -0.4 is 21.4 Å². The second-order valence-electron chi connectivity index (χ2n) is 15.2. The van der Waals surface area contributed by atoms with Crippen LogP contribution in [-0.4, -0.2) is 37.9 Å². The maximum Gasteiger partial charge on any atom is 0.336 e. The molecule has 0 radical (unpaired) electrons. The van der Waals surface area contributed by atoms with Gasteiger partial charge in [-0.3, -0.25) is 14.9 Å². The number of fused-ring (bicyclic) bond motifs is 3. The van der Waals surface area contributed by atoms with Crippen molar-refractivity contribution in [1.82, 2.24) is 15.1 Å². The molecule has 0 saturated heterocycles. The van der Waals surface area contributed by atoms with Crippen molar-refractivity contribution >= 4 is 51.2 Å². The quantitative estimate of drug-likeness (QED) is 0.0944. The zero-order valence-electron chi connectivity index (χ0n) is 32.3. The van der Waals surface area contributed by atoms with Crippen molar-refractivity contribution in [3.8, 4) is 33.9 Å². The number of nitrogens with one attached hydrogen (secondary N) is 3. The normalized spacial score (nSPS) is 11.6. The number of carboxylic acid groups (broad SMARTS) is 1. The maximum atomic E-state index is 14.8. The lowest BCUT2D eigenvalue weighted by atomic mass is 9.89. The van der Waals surface area contributed by atoms with E-state index in [1.165, 1.54) is 18.2 Å². The number of aromatic nitrogens is 2. The second-order valence-corrected chi connectivity index (χ2v) is 15.2. The maximum absolute atomic E-state index is 14.8. The molecule has 0 bridgehead atoms. The lowest BCUT2D eigenvalue weighted by Crippen LogP contribution is -2.23. The molecule has 60 heavy (non-hydrogen) atoms. The van der Waals surface area contributed by atoms with Crippen molar-refractivity contribution in [1.29, 1.82) is 0 Å². The number of rotatable bonds is 8. The van der Waals surface area contributed by atoms with Crippen LogP contribution >= 0.6 is 0 Å². The molecule has 12 nitrogen and oxygen atoms in total. The first-order chi connectivity index (χ1) is 28.6. The average Bonchev–Trinajstić information content (AvgIpc) is 3.65. The van der Waals surface area contributed by atoms with Gasteiger partial charge in [-0.05, 0) is 65.0 Å². The summed E-state index contributed by atoms with van der Waals surface area (Å²) in [6.45, 7) is 6.09. The summed E-state index contributed by atoms with van der Waals surface area (Å²) in [5, 5.41) is 35.6. The van der Waals surface area contributed by atoms with Crippen molar-refractivity contribution in [2.75, 3.05) is 10.6 Å². The highest BCUT2D eigenvalue weighted by Gasteiger charge is 2.26. The van der Waals surface area contributed by atoms with E-state index in [4.69, 9.17) is 9.52 Å². The molecule has 1 aliphatic heterocycles. The summed E-state index contributed by atoms with van der Waals surface area (Å²) in [6.07, 6.45) is 0. The summed E-state index contributed by atoms with van der Waals surface area (Å²) in [5.74, 6) is -4.69. The molecule has 6 aromatic rings. The van der Waals surface area contributed by atoms with E-state index in [2.05, 4.69) is 16.0 Å². The Balaban J connectivity index is 1.06. The Morgan fingerprint density at radius 2 is 1.55 bits per heavy atom. The number of phenolic OH excluding ortho intramolecular Hbond substituents is 1. The number of phenols is 1. The number of anilines is 2. The zero-order valence-corrected chi connectivity index (χ0v) is 32.3. The lowest BCUT2D eigenvalue weighted by molar-refractivity contribution is 0.0697. The summed E-state index contributed by atoms with van der Waals surface area (Å²) in [4.78, 5) is 51.6. The third kappa shape index (κ3) is 7.49. The fourth-order valence-electron chi connectivity index (χ4n) is 6.95. The Bertz CT molecular complexity index is 3050. The summed E-state index contributed by atoms with van der Waals surface area (Å²) >= 11 is 0. The molecule has 1 aromatic heterocycles. The van der Waals surface area contributed by atoms with Gasteiger partial charge in [-0.1, -0.05) is 69.3 Å². The van der Waals surface area contributed by atoms with E-state index in [-0.39, 0.29) is 56.5 Å². The smallest absolute Gasteiger partial charge is 0.336 e. The van der Waals surface area contributed by atoms with Crippen LogP contribution in [0.15, 0.2) is 124 Å². The predicted molar refractivity (Wildman–Crippen MR) is 223 cm³/mol. The molecule has 5 aromatic carbocycles. The Kier molecular flexibility index (Phi) is 9.83. The Morgan fingerprint density at radius 3 is 2.30 bits per heavy atom. The molecule has 14 heteroatoms. The largest absolute Gasteiger partial charge is 0.505 e. The molecule has 2 heterocycles. The van der Waals surface area contributed by atoms with Crippen LogP contribution in [0.25, 0.3) is 49.9 Å². The lowest BCUT2D eigenvalue weighted by Gasteiger charge is -2.18. The van der Waals surface area contributed by atoms with Gasteiger partial charge >= 0.3 is 12.0 Å². The number of amides is 3. The molecule has 0 saturated carbocycles. The van der Waals surface area contributed by atoms with Gasteiger partial charge in [-0.2, -0.15) is 5.10 Å². The highest BCUT2D eigenvalue weighted by molar-refractivity contribution is 6.09. The molecule has 0 unspecified atom stereocenters. The van der Waals surface area contributed by atoms with Crippen molar-refractivity contribution in [3.05, 3.63) is 160 Å². The molecule has 2 aliphatic rings. The van der Waals surface area contributed by atoms with E-state index in [0.29, 0.717) is 22.8 Å². The molecule has 3 amide bonds. The van der Waals surface area contributed by atoms with Crippen LogP contribution in [0.2, 0.25) is 0 Å². The summed E-state index contributed by atoms with van der Waals surface area (Å²) < 4.78 is 36.8. The minimum absolute atomic E-state index is 0.0256. The minimum atomic E-state index is -1.39. The SMILES string of the molecule is CC(C)(C)c1cc(NC(=O)Nc2cccc3ccccc23)n(-c2ccc(CNC(=O)c3ccc(C(=O)O)c(-c4c5cc(F)c(=O)cc-5oc5cc(O)c(F)cc45)c3)cc2)n1. The van der Waals surface area contributed by atoms with E-state index in [9.17, 15) is 38.2 Å². The first-order valence-corrected chi connectivity index (χ1v) is 18.6. The number of halogens is 2. The van der Waals surface area contributed by atoms with E-state index in [1.54, 1.807) is 28.9 Å². The number of aromatic hydroxyl groups is 1. The first kappa shape index (κ1) is 39.0. The van der Waals surface area contributed by atoms with Gasteiger partial charge in [0.15, 0.2) is 17.4 Å². The van der Waals surface area contributed by atoms with Gasteiger partial charge < -0.3 is 25.3 Å². The molecule has 1 aliphatic carbocycles. The topological polar surface area (TPSA) is 176 Å². The molecule has 300 valence electrons. The van der Waals surface area contributed by atoms with Crippen LogP contribution in [0.4, 0.5) is 25.1 Å². The molecule has 0 fully saturated rings. The van der Waals surface area contributed by atoms with Gasteiger partial charge in [0, 0.05) is 57.6 Å². The number of urea groups is 1. The van der Waals surface area contributed by atoms with Crippen molar-refractivity contribution < 1.29 is 37.8 Å². The first-order valence-electron chi connectivity index (χ1n) is 18.6. The number of carbonyl (C=O) groups is 3. The fourth-order valence-corrected chi connectivity index (χ4v) is 6.95. The Hall–Kier alpha value is -7.87. The number of hydrogen-bond acceptors (Lipinski definition) is 7. The van der Waals surface area contributed by atoms with Crippen LogP contribution in [-0.2, 0) is 12.0 Å². The monoisotopic (exact) mass is 807 g/mol. The minimum Gasteiger partial charge on any atom is -0.505 e. The fraction of sp³-hybridized carbons (Fsp3) is 0.109. The van der Waals surface area contributed by atoms with Crippen LogP contribution in [0.5, 0.6) is 5.75 Å². The molecule has 8 rings (SSSR count). The van der Waals surface area contributed by atoms with Crippen LogP contribution in [0.1, 0.15) is 52.7 Å². The van der Waals surface area contributed by atoms with E-state index in [1.807, 2.05) is 69.3 Å². The number of benzene rings is 6. The van der Waals surface area contributed by atoms with E-state index < -0.39 is 40.7 Å². The van der Waals surface area contributed by atoms with E-state index >= 15 is 0 Å². The highest BCUT2D eigenvalue weighted by atomic mass is 19.1. The predicted octanol–water partition coefficient (Wildman–Crippen LogP) is 9.46. The second kappa shape index (κ2) is 15.1. The van der Waals surface area contributed by atoms with E-state index in [0.717, 1.165) is 40.7 Å². The third-order valence-corrected chi connectivity index (χ3v) is 10.0. The molecule has 0 atom stereocenters. The summed E-state index contributed by atoms with van der Waals surface area (Å²) in [7, 11) is 0. The number of aromatic carboxylic acids is 1. The van der Waals surface area contributed by atoms with Crippen LogP contribution in [0, 0.1) is 11.6 Å². The van der Waals surface area contributed by atoms with Crippen molar-refractivity contribution in [2.24, 2.45) is 0 Å². The number of carbonyl (C=O) groups excluding carboxylic acids is 2. The number of hydrogen-bond donors (Lipinski definition) is 5. The van der Waals surface area contributed by atoms with Gasteiger partial charge in [-0.15, -0.1) is 0 Å². The van der Waals surface area contributed by atoms with Crippen molar-refractivity contribution in [3.63, 3.8) is 0 Å².